The molecule has 0 amide bonds. The maximum Gasteiger partial charge on any atom is 0.338 e. The summed E-state index contributed by atoms with van der Waals surface area (Å²) in [5.41, 5.74) is 1.02. The molecule has 0 N–H and O–H groups in total. The largest absolute Gasteiger partial charge is 0.451 e. The third-order valence-electron chi connectivity index (χ3n) is 5.84. The zero-order valence-electron chi connectivity index (χ0n) is 20.9. The third-order valence-corrected chi connectivity index (χ3v) is 6.41. The minimum absolute atomic E-state index is 0.0833. The second kappa shape index (κ2) is 10.2. The highest BCUT2D eigenvalue weighted by atomic mass is 32.2. The van der Waals surface area contributed by atoms with Gasteiger partial charge >= 0.3 is 5.97 Å². The van der Waals surface area contributed by atoms with Crippen LogP contribution in [0.2, 0.25) is 0 Å². The van der Waals surface area contributed by atoms with Crippen molar-refractivity contribution in [2.45, 2.75) is 69.8 Å². The summed E-state index contributed by atoms with van der Waals surface area (Å²) in [4.78, 5) is 13.1. The smallest absolute Gasteiger partial charge is 0.338 e. The van der Waals surface area contributed by atoms with Crippen LogP contribution in [0.5, 0.6) is 0 Å². The van der Waals surface area contributed by atoms with E-state index in [1.165, 1.54) is 0 Å². The first-order chi connectivity index (χ1) is 16.8. The lowest BCUT2D eigenvalue weighted by atomic mass is 9.95. The number of ether oxygens (including phenoxy) is 5. The van der Waals surface area contributed by atoms with Gasteiger partial charge in [-0.3, -0.25) is 4.18 Å². The van der Waals surface area contributed by atoms with Crippen molar-refractivity contribution in [3.05, 3.63) is 71.8 Å². The fourth-order valence-corrected chi connectivity index (χ4v) is 5.08. The number of rotatable bonds is 8. The summed E-state index contributed by atoms with van der Waals surface area (Å²) in [6.07, 6.45) is -3.79. The SMILES string of the molecule is CC1(C)O[C@@H]([C@H](OS(C)(=O)=O)[C@H]2COC(C)(C)O2)[C@@H]([C@@H](OC(=O)c2ccccc2)c2ccccc2)O1. The lowest BCUT2D eigenvalue weighted by Crippen LogP contribution is -2.49. The van der Waals surface area contributed by atoms with Gasteiger partial charge in [0.25, 0.3) is 10.1 Å². The minimum Gasteiger partial charge on any atom is -0.451 e. The van der Waals surface area contributed by atoms with Crippen LogP contribution < -0.4 is 0 Å². The molecule has 2 aliphatic heterocycles. The van der Waals surface area contributed by atoms with Gasteiger partial charge in [0.05, 0.1) is 18.4 Å². The normalized spacial score (nSPS) is 26.9. The maximum absolute atomic E-state index is 13.1. The van der Waals surface area contributed by atoms with Gasteiger partial charge in [-0.15, -0.1) is 0 Å². The Hall–Kier alpha value is -2.34. The zero-order chi connectivity index (χ0) is 26.1. The summed E-state index contributed by atoms with van der Waals surface area (Å²) in [6, 6.07) is 17.7. The Labute approximate surface area is 211 Å². The van der Waals surface area contributed by atoms with Crippen molar-refractivity contribution in [1.82, 2.24) is 0 Å². The molecule has 4 rings (SSSR count). The van der Waals surface area contributed by atoms with E-state index >= 15 is 0 Å². The average molecular weight is 521 g/mol. The molecule has 0 spiro atoms. The van der Waals surface area contributed by atoms with Gasteiger partial charge in [0.2, 0.25) is 0 Å². The van der Waals surface area contributed by atoms with E-state index in [2.05, 4.69) is 0 Å². The molecule has 0 radical (unpaired) electrons. The monoisotopic (exact) mass is 520 g/mol. The van der Waals surface area contributed by atoms with E-state index in [-0.39, 0.29) is 6.61 Å². The van der Waals surface area contributed by atoms with E-state index in [4.69, 9.17) is 27.9 Å². The van der Waals surface area contributed by atoms with E-state index in [1.807, 2.05) is 18.2 Å². The van der Waals surface area contributed by atoms with Crippen LogP contribution in [-0.4, -0.2) is 63.2 Å². The lowest BCUT2D eigenvalue weighted by molar-refractivity contribution is -0.175. The first kappa shape index (κ1) is 26.7. The van der Waals surface area contributed by atoms with Crippen LogP contribution in [-0.2, 0) is 38.0 Å². The van der Waals surface area contributed by atoms with E-state index in [0.29, 0.717) is 11.1 Å². The second-order valence-corrected chi connectivity index (χ2v) is 11.4. The van der Waals surface area contributed by atoms with E-state index in [1.54, 1.807) is 70.2 Å². The van der Waals surface area contributed by atoms with Crippen LogP contribution in [0.25, 0.3) is 0 Å². The highest BCUT2D eigenvalue weighted by Crippen LogP contribution is 2.42. The molecule has 2 saturated heterocycles. The van der Waals surface area contributed by atoms with Gasteiger partial charge in [-0.2, -0.15) is 8.42 Å². The first-order valence-corrected chi connectivity index (χ1v) is 13.5. The van der Waals surface area contributed by atoms with E-state index < -0.39 is 58.2 Å². The standard InChI is InChI=1S/C26H32O9S/c1-25(2)30-16-19(32-25)21(35-36(5,28)29)23-22(33-26(3,4)34-23)20(17-12-8-6-9-13-17)31-24(27)18-14-10-7-11-15-18/h6-15,19-23H,16H2,1-5H3/t19-,20+,21-,22-,23+/m1/s1. The van der Waals surface area contributed by atoms with Crippen molar-refractivity contribution < 1.29 is 41.1 Å². The Morgan fingerprint density at radius 1 is 0.889 bits per heavy atom. The summed E-state index contributed by atoms with van der Waals surface area (Å²) in [5, 5.41) is 0. The predicted molar refractivity (Wildman–Crippen MR) is 129 cm³/mol. The van der Waals surface area contributed by atoms with Crippen molar-refractivity contribution in [3.8, 4) is 0 Å². The average Bonchev–Trinajstić information content (AvgIpc) is 3.34. The molecule has 0 bridgehead atoms. The second-order valence-electron chi connectivity index (χ2n) is 9.80. The summed E-state index contributed by atoms with van der Waals surface area (Å²) in [7, 11) is -3.93. The molecule has 2 heterocycles. The molecular weight excluding hydrogens is 488 g/mol. The van der Waals surface area contributed by atoms with Crippen molar-refractivity contribution in [3.63, 3.8) is 0 Å². The molecule has 36 heavy (non-hydrogen) atoms. The topological polar surface area (TPSA) is 107 Å². The number of benzene rings is 2. The summed E-state index contributed by atoms with van der Waals surface area (Å²) in [6.45, 7) is 6.95. The van der Waals surface area contributed by atoms with Gasteiger partial charge in [0.1, 0.15) is 24.4 Å². The molecule has 0 aliphatic carbocycles. The molecule has 0 aromatic heterocycles. The molecule has 2 aromatic rings. The molecule has 2 fully saturated rings. The van der Waals surface area contributed by atoms with Crippen LogP contribution in [0.3, 0.4) is 0 Å². The molecular formula is C26H32O9S. The quantitative estimate of drug-likeness (QED) is 0.381. The fraction of sp³-hybridized carbons (Fsp3) is 0.500. The van der Waals surface area contributed by atoms with Crippen molar-refractivity contribution in [2.24, 2.45) is 0 Å². The first-order valence-electron chi connectivity index (χ1n) is 11.7. The molecule has 10 heteroatoms. The molecule has 5 atom stereocenters. The van der Waals surface area contributed by atoms with E-state index in [0.717, 1.165) is 6.26 Å². The number of hydrogen-bond acceptors (Lipinski definition) is 9. The van der Waals surface area contributed by atoms with Crippen molar-refractivity contribution >= 4 is 16.1 Å². The van der Waals surface area contributed by atoms with Gasteiger partial charge in [0.15, 0.2) is 17.7 Å². The molecule has 196 valence electrons. The van der Waals surface area contributed by atoms with Gasteiger partial charge in [-0.05, 0) is 45.4 Å². The van der Waals surface area contributed by atoms with Gasteiger partial charge < -0.3 is 23.7 Å². The molecule has 2 aromatic carbocycles. The number of esters is 1. The maximum atomic E-state index is 13.1. The summed E-state index contributed by atoms with van der Waals surface area (Å²) in [5.74, 6) is -2.62. The Kier molecular flexibility index (Phi) is 7.57. The number of hydrogen-bond donors (Lipinski definition) is 0. The Morgan fingerprint density at radius 3 is 2.03 bits per heavy atom. The van der Waals surface area contributed by atoms with Gasteiger partial charge in [0, 0.05) is 0 Å². The number of carbonyl (C=O) groups is 1. The highest BCUT2D eigenvalue weighted by molar-refractivity contribution is 7.86. The van der Waals surface area contributed by atoms with Crippen LogP contribution >= 0.6 is 0 Å². The van der Waals surface area contributed by atoms with Crippen LogP contribution in [0.15, 0.2) is 60.7 Å². The van der Waals surface area contributed by atoms with Crippen molar-refractivity contribution in [1.29, 1.82) is 0 Å². The Bertz CT molecular complexity index is 1150. The summed E-state index contributed by atoms with van der Waals surface area (Å²) >= 11 is 0. The third kappa shape index (κ3) is 6.50. The van der Waals surface area contributed by atoms with Gasteiger partial charge in [-0.25, -0.2) is 4.79 Å². The van der Waals surface area contributed by atoms with Crippen LogP contribution in [0.4, 0.5) is 0 Å². The van der Waals surface area contributed by atoms with Gasteiger partial charge in [-0.1, -0.05) is 48.5 Å². The van der Waals surface area contributed by atoms with E-state index in [9.17, 15) is 13.2 Å². The zero-order valence-corrected chi connectivity index (χ0v) is 21.8. The van der Waals surface area contributed by atoms with Crippen LogP contribution in [0.1, 0.15) is 49.7 Å². The fourth-order valence-electron chi connectivity index (χ4n) is 4.44. The van der Waals surface area contributed by atoms with Crippen LogP contribution in [0, 0.1) is 0 Å². The molecule has 0 unspecified atom stereocenters. The van der Waals surface area contributed by atoms with Crippen molar-refractivity contribution in [2.75, 3.05) is 12.9 Å². The highest BCUT2D eigenvalue weighted by Gasteiger charge is 2.55. The number of carbonyl (C=O) groups excluding carboxylic acids is 1. The Morgan fingerprint density at radius 2 is 1.47 bits per heavy atom. The Balaban J connectivity index is 1.73. The minimum atomic E-state index is -3.93. The molecule has 0 saturated carbocycles. The molecule has 9 nitrogen and oxygen atoms in total. The summed E-state index contributed by atoms with van der Waals surface area (Å²) < 4.78 is 60.2. The lowest BCUT2D eigenvalue weighted by Gasteiger charge is -2.32. The predicted octanol–water partition coefficient (Wildman–Crippen LogP) is 3.60. The molecule has 2 aliphatic rings.